The highest BCUT2D eigenvalue weighted by atomic mass is 16.6. The van der Waals surface area contributed by atoms with Gasteiger partial charge in [-0.2, -0.15) is 0 Å². The monoisotopic (exact) mass is 231 g/mol. The van der Waals surface area contributed by atoms with Gasteiger partial charge in [0.15, 0.2) is 0 Å². The van der Waals surface area contributed by atoms with Crippen molar-refractivity contribution in [2.45, 2.75) is 12.3 Å². The van der Waals surface area contributed by atoms with E-state index >= 15 is 0 Å². The van der Waals surface area contributed by atoms with Crippen molar-refractivity contribution < 1.29 is 14.3 Å². The maximum absolute atomic E-state index is 12.0. The molecule has 2 amide bonds. The molecule has 2 atom stereocenters. The molecule has 0 radical (unpaired) electrons. The van der Waals surface area contributed by atoms with E-state index in [1.165, 1.54) is 10.5 Å². The maximum Gasteiger partial charge on any atom is 0.416 e. The molecule has 4 heteroatoms. The predicted octanol–water partition coefficient (Wildman–Crippen LogP) is 1.77. The van der Waals surface area contributed by atoms with Crippen LogP contribution in [0.15, 0.2) is 30.3 Å². The van der Waals surface area contributed by atoms with Crippen LogP contribution in [0.1, 0.15) is 17.9 Å². The Hall–Kier alpha value is -1.84. The first-order valence-corrected chi connectivity index (χ1v) is 5.80. The van der Waals surface area contributed by atoms with Gasteiger partial charge >= 0.3 is 6.09 Å². The quantitative estimate of drug-likeness (QED) is 0.779. The summed E-state index contributed by atoms with van der Waals surface area (Å²) in [5.41, 5.74) is 1.18. The highest BCUT2D eigenvalue weighted by Crippen LogP contribution is 2.48. The zero-order chi connectivity index (χ0) is 11.8. The Kier molecular flexibility index (Phi) is 2.35. The van der Waals surface area contributed by atoms with Gasteiger partial charge < -0.3 is 4.74 Å². The molecule has 1 aliphatic heterocycles. The van der Waals surface area contributed by atoms with Crippen LogP contribution in [-0.2, 0) is 9.53 Å². The molecule has 2 aliphatic rings. The first kappa shape index (κ1) is 10.3. The molecular formula is C13H13NO3. The highest BCUT2D eigenvalue weighted by Gasteiger charge is 2.48. The molecule has 0 aromatic heterocycles. The minimum absolute atomic E-state index is 0.0388. The third kappa shape index (κ3) is 1.79. The molecule has 3 rings (SSSR count). The van der Waals surface area contributed by atoms with Gasteiger partial charge in [-0.3, -0.25) is 4.79 Å². The van der Waals surface area contributed by atoms with Crippen LogP contribution in [0.5, 0.6) is 0 Å². The summed E-state index contributed by atoms with van der Waals surface area (Å²) in [5, 5.41) is 0. The minimum Gasteiger partial charge on any atom is -0.447 e. The van der Waals surface area contributed by atoms with Crippen LogP contribution in [0.4, 0.5) is 4.79 Å². The van der Waals surface area contributed by atoms with E-state index < -0.39 is 6.09 Å². The van der Waals surface area contributed by atoms with E-state index in [1.807, 2.05) is 30.3 Å². The van der Waals surface area contributed by atoms with E-state index in [4.69, 9.17) is 4.74 Å². The Morgan fingerprint density at radius 1 is 1.29 bits per heavy atom. The SMILES string of the molecule is O=C1OCCN1C(=O)[C@H]1C[C@@H]1c1ccccc1. The van der Waals surface area contributed by atoms with Gasteiger partial charge in [-0.15, -0.1) is 0 Å². The Balaban J connectivity index is 1.69. The summed E-state index contributed by atoms with van der Waals surface area (Å²) in [7, 11) is 0. The number of hydrogen-bond acceptors (Lipinski definition) is 3. The molecule has 0 bridgehead atoms. The van der Waals surface area contributed by atoms with Crippen LogP contribution in [0.2, 0.25) is 0 Å². The fourth-order valence-electron chi connectivity index (χ4n) is 2.33. The normalized spacial score (nSPS) is 26.8. The number of rotatable bonds is 2. The van der Waals surface area contributed by atoms with Gasteiger partial charge in [0.05, 0.1) is 6.54 Å². The lowest BCUT2D eigenvalue weighted by Gasteiger charge is -2.10. The Labute approximate surface area is 99.2 Å². The smallest absolute Gasteiger partial charge is 0.416 e. The largest absolute Gasteiger partial charge is 0.447 e. The average molecular weight is 231 g/mol. The minimum atomic E-state index is -0.492. The molecule has 1 aliphatic carbocycles. The number of benzene rings is 1. The third-order valence-electron chi connectivity index (χ3n) is 3.36. The average Bonchev–Trinajstić information content (AvgIpc) is 3.05. The standard InChI is InChI=1S/C13H13NO3/c15-12(14-6-7-17-13(14)16)11-8-10(11)9-4-2-1-3-5-9/h1-5,10-11H,6-8H2/t10-,11+/m1/s1. The predicted molar refractivity (Wildman–Crippen MR) is 60.4 cm³/mol. The van der Waals surface area contributed by atoms with Gasteiger partial charge in [0, 0.05) is 5.92 Å². The molecule has 17 heavy (non-hydrogen) atoms. The lowest BCUT2D eigenvalue weighted by Crippen LogP contribution is -2.33. The van der Waals surface area contributed by atoms with E-state index in [0.717, 1.165) is 6.42 Å². The molecule has 1 heterocycles. The number of cyclic esters (lactones) is 1. The van der Waals surface area contributed by atoms with Crippen molar-refractivity contribution in [3.8, 4) is 0 Å². The van der Waals surface area contributed by atoms with Crippen LogP contribution in [0.3, 0.4) is 0 Å². The van der Waals surface area contributed by atoms with E-state index in [-0.39, 0.29) is 17.7 Å². The number of nitrogens with zero attached hydrogens (tertiary/aromatic N) is 1. The van der Waals surface area contributed by atoms with E-state index in [1.54, 1.807) is 0 Å². The van der Waals surface area contributed by atoms with Gasteiger partial charge in [0.25, 0.3) is 0 Å². The number of carbonyl (C=O) groups is 2. The van der Waals surface area contributed by atoms with Crippen molar-refractivity contribution in [2.75, 3.05) is 13.2 Å². The molecule has 4 nitrogen and oxygen atoms in total. The fraction of sp³-hybridized carbons (Fsp3) is 0.385. The fourth-order valence-corrected chi connectivity index (χ4v) is 2.33. The molecule has 1 saturated heterocycles. The van der Waals surface area contributed by atoms with Crippen LogP contribution < -0.4 is 0 Å². The molecular weight excluding hydrogens is 218 g/mol. The van der Waals surface area contributed by atoms with Crippen molar-refractivity contribution in [3.63, 3.8) is 0 Å². The van der Waals surface area contributed by atoms with Crippen molar-refractivity contribution in [1.29, 1.82) is 0 Å². The van der Waals surface area contributed by atoms with Crippen LogP contribution in [-0.4, -0.2) is 30.1 Å². The second-order valence-corrected chi connectivity index (χ2v) is 4.46. The summed E-state index contributed by atoms with van der Waals surface area (Å²) in [6.07, 6.45) is 0.348. The number of amides is 2. The Morgan fingerprint density at radius 3 is 2.71 bits per heavy atom. The van der Waals surface area contributed by atoms with Crippen LogP contribution >= 0.6 is 0 Å². The molecule has 88 valence electrons. The molecule has 0 N–H and O–H groups in total. The maximum atomic E-state index is 12.0. The first-order chi connectivity index (χ1) is 8.27. The van der Waals surface area contributed by atoms with Gasteiger partial charge in [0.1, 0.15) is 6.61 Å². The summed E-state index contributed by atoms with van der Waals surface area (Å²) in [4.78, 5) is 24.5. The van der Waals surface area contributed by atoms with E-state index in [2.05, 4.69) is 0 Å². The first-order valence-electron chi connectivity index (χ1n) is 5.80. The van der Waals surface area contributed by atoms with E-state index in [0.29, 0.717) is 13.2 Å². The van der Waals surface area contributed by atoms with E-state index in [9.17, 15) is 9.59 Å². The molecule has 1 aromatic carbocycles. The number of hydrogen-bond donors (Lipinski definition) is 0. The van der Waals surface area contributed by atoms with Gasteiger partial charge in [-0.25, -0.2) is 9.69 Å². The summed E-state index contributed by atoms with van der Waals surface area (Å²) in [5.74, 6) is 0.154. The molecule has 0 spiro atoms. The Bertz CT molecular complexity index is 457. The van der Waals surface area contributed by atoms with Crippen molar-refractivity contribution in [1.82, 2.24) is 4.90 Å². The number of imide groups is 1. The van der Waals surface area contributed by atoms with Gasteiger partial charge in [-0.05, 0) is 17.9 Å². The summed E-state index contributed by atoms with van der Waals surface area (Å²) in [6.45, 7) is 0.725. The molecule has 2 fully saturated rings. The van der Waals surface area contributed by atoms with Gasteiger partial charge in [0.2, 0.25) is 5.91 Å². The van der Waals surface area contributed by atoms with Crippen molar-refractivity contribution in [2.24, 2.45) is 5.92 Å². The van der Waals surface area contributed by atoms with Crippen molar-refractivity contribution in [3.05, 3.63) is 35.9 Å². The summed E-state index contributed by atoms with van der Waals surface area (Å²) < 4.78 is 4.77. The Morgan fingerprint density at radius 2 is 2.06 bits per heavy atom. The second kappa shape index (κ2) is 3.87. The summed E-state index contributed by atoms with van der Waals surface area (Å²) >= 11 is 0. The zero-order valence-corrected chi connectivity index (χ0v) is 9.33. The van der Waals surface area contributed by atoms with Gasteiger partial charge in [-0.1, -0.05) is 30.3 Å². The van der Waals surface area contributed by atoms with Crippen LogP contribution in [0.25, 0.3) is 0 Å². The van der Waals surface area contributed by atoms with Crippen molar-refractivity contribution >= 4 is 12.0 Å². The summed E-state index contributed by atoms with van der Waals surface area (Å²) in [6, 6.07) is 9.96. The topological polar surface area (TPSA) is 46.6 Å². The number of carbonyl (C=O) groups excluding carboxylic acids is 2. The number of ether oxygens (including phenoxy) is 1. The van der Waals surface area contributed by atoms with Crippen LogP contribution in [0, 0.1) is 5.92 Å². The molecule has 1 aromatic rings. The third-order valence-corrected chi connectivity index (χ3v) is 3.36. The molecule has 1 saturated carbocycles. The second-order valence-electron chi connectivity index (χ2n) is 4.46. The zero-order valence-electron chi connectivity index (χ0n) is 9.33. The lowest BCUT2D eigenvalue weighted by molar-refractivity contribution is -0.129. The highest BCUT2D eigenvalue weighted by molar-refractivity contribution is 5.96. The lowest BCUT2D eigenvalue weighted by atomic mass is 10.1. The molecule has 0 unspecified atom stereocenters.